The maximum Gasteiger partial charge on any atom is 0.157 e. The molecule has 1 aliphatic rings. The number of halogens is 2. The van der Waals surface area contributed by atoms with Gasteiger partial charge in [-0.05, 0) is 37.0 Å². The Balaban J connectivity index is 2.12. The molecule has 0 bridgehead atoms. The first-order valence-corrected chi connectivity index (χ1v) is 6.44. The number of benzene rings is 1. The standard InChI is InChI=1S/C12H13BrClNO/c13-9-3-2-8(10(14)7-9)6-11(16)12(15)4-1-5-12/h2-3,7H,1,4-6,15H2. The Morgan fingerprint density at radius 2 is 2.19 bits per heavy atom. The van der Waals surface area contributed by atoms with Gasteiger partial charge in [0.05, 0.1) is 5.54 Å². The van der Waals surface area contributed by atoms with Gasteiger partial charge in [-0.2, -0.15) is 0 Å². The molecule has 1 aromatic carbocycles. The summed E-state index contributed by atoms with van der Waals surface area (Å²) in [5.74, 6) is 0.1000. The maximum absolute atomic E-state index is 12.0. The Morgan fingerprint density at radius 1 is 1.50 bits per heavy atom. The van der Waals surface area contributed by atoms with E-state index < -0.39 is 5.54 Å². The van der Waals surface area contributed by atoms with Crippen LogP contribution in [0.15, 0.2) is 22.7 Å². The van der Waals surface area contributed by atoms with Crippen molar-refractivity contribution in [1.29, 1.82) is 0 Å². The van der Waals surface area contributed by atoms with Crippen LogP contribution in [0.25, 0.3) is 0 Å². The van der Waals surface area contributed by atoms with Gasteiger partial charge in [-0.15, -0.1) is 0 Å². The molecular weight excluding hydrogens is 289 g/mol. The average molecular weight is 303 g/mol. The second-order valence-electron chi connectivity index (χ2n) is 4.35. The van der Waals surface area contributed by atoms with Crippen LogP contribution in [0.5, 0.6) is 0 Å². The number of Topliss-reactive ketones (excluding diaryl/α,β-unsaturated/α-hetero) is 1. The van der Waals surface area contributed by atoms with Crippen molar-refractivity contribution in [3.8, 4) is 0 Å². The Kier molecular flexibility index (Phi) is 3.38. The average Bonchev–Trinajstić information content (AvgIpc) is 2.18. The monoisotopic (exact) mass is 301 g/mol. The van der Waals surface area contributed by atoms with E-state index in [2.05, 4.69) is 15.9 Å². The van der Waals surface area contributed by atoms with Crippen LogP contribution in [0.2, 0.25) is 5.02 Å². The summed E-state index contributed by atoms with van der Waals surface area (Å²) in [6.07, 6.45) is 3.00. The third kappa shape index (κ3) is 2.31. The molecule has 1 fully saturated rings. The minimum atomic E-state index is -0.587. The molecule has 0 atom stereocenters. The van der Waals surface area contributed by atoms with Crippen molar-refractivity contribution in [3.63, 3.8) is 0 Å². The van der Waals surface area contributed by atoms with Crippen molar-refractivity contribution < 1.29 is 4.79 Å². The predicted octanol–water partition coefficient (Wildman–Crippen LogP) is 3.10. The summed E-state index contributed by atoms with van der Waals surface area (Å²) in [4.78, 5) is 12.0. The third-order valence-electron chi connectivity index (χ3n) is 3.17. The van der Waals surface area contributed by atoms with Gasteiger partial charge in [-0.25, -0.2) is 0 Å². The van der Waals surface area contributed by atoms with Crippen LogP contribution in [0, 0.1) is 0 Å². The molecule has 0 aliphatic heterocycles. The van der Waals surface area contributed by atoms with Gasteiger partial charge in [0.15, 0.2) is 5.78 Å². The van der Waals surface area contributed by atoms with Crippen LogP contribution < -0.4 is 5.73 Å². The van der Waals surface area contributed by atoms with Crippen molar-refractivity contribution >= 4 is 33.3 Å². The summed E-state index contributed by atoms with van der Waals surface area (Å²) >= 11 is 9.39. The molecule has 2 rings (SSSR count). The van der Waals surface area contributed by atoms with Gasteiger partial charge in [0.2, 0.25) is 0 Å². The summed E-state index contributed by atoms with van der Waals surface area (Å²) in [7, 11) is 0. The van der Waals surface area contributed by atoms with E-state index in [1.807, 2.05) is 12.1 Å². The molecule has 1 saturated carbocycles. The van der Waals surface area contributed by atoms with Gasteiger partial charge < -0.3 is 5.73 Å². The lowest BCUT2D eigenvalue weighted by molar-refractivity contribution is -0.126. The number of carbonyl (C=O) groups is 1. The Labute approximate surface area is 108 Å². The lowest BCUT2D eigenvalue weighted by Gasteiger charge is -2.36. The van der Waals surface area contributed by atoms with Gasteiger partial charge >= 0.3 is 0 Å². The maximum atomic E-state index is 12.0. The van der Waals surface area contributed by atoms with E-state index in [0.29, 0.717) is 11.4 Å². The summed E-state index contributed by atoms with van der Waals surface area (Å²) in [5, 5.41) is 0.616. The molecule has 0 radical (unpaired) electrons. The first-order valence-electron chi connectivity index (χ1n) is 5.27. The minimum absolute atomic E-state index is 0.1000. The molecule has 0 heterocycles. The molecular formula is C12H13BrClNO. The van der Waals surface area contributed by atoms with E-state index in [1.54, 1.807) is 6.07 Å². The van der Waals surface area contributed by atoms with E-state index in [0.717, 1.165) is 29.3 Å². The first-order chi connectivity index (χ1) is 7.51. The molecule has 1 aliphatic carbocycles. The van der Waals surface area contributed by atoms with E-state index in [1.165, 1.54) is 0 Å². The van der Waals surface area contributed by atoms with Crippen molar-refractivity contribution in [1.82, 2.24) is 0 Å². The van der Waals surface area contributed by atoms with Crippen molar-refractivity contribution in [2.24, 2.45) is 5.73 Å². The second-order valence-corrected chi connectivity index (χ2v) is 5.67. The van der Waals surface area contributed by atoms with Crippen LogP contribution in [0.1, 0.15) is 24.8 Å². The number of ketones is 1. The van der Waals surface area contributed by atoms with Crippen LogP contribution in [-0.2, 0) is 11.2 Å². The zero-order valence-electron chi connectivity index (χ0n) is 8.80. The summed E-state index contributed by atoms with van der Waals surface area (Å²) in [6, 6.07) is 5.55. The lowest BCUT2D eigenvalue weighted by atomic mass is 9.73. The molecule has 0 amide bonds. The van der Waals surface area contributed by atoms with Gasteiger partial charge in [-0.1, -0.05) is 33.6 Å². The van der Waals surface area contributed by atoms with Gasteiger partial charge in [0.25, 0.3) is 0 Å². The topological polar surface area (TPSA) is 43.1 Å². The summed E-state index contributed by atoms with van der Waals surface area (Å²) in [5.41, 5.74) is 6.24. The van der Waals surface area contributed by atoms with Crippen molar-refractivity contribution in [2.45, 2.75) is 31.2 Å². The summed E-state index contributed by atoms with van der Waals surface area (Å²) < 4.78 is 0.916. The highest BCUT2D eigenvalue weighted by molar-refractivity contribution is 9.10. The van der Waals surface area contributed by atoms with Gasteiger partial charge in [0.1, 0.15) is 0 Å². The van der Waals surface area contributed by atoms with E-state index in [9.17, 15) is 4.79 Å². The van der Waals surface area contributed by atoms with Crippen molar-refractivity contribution in [2.75, 3.05) is 0 Å². The van der Waals surface area contributed by atoms with E-state index >= 15 is 0 Å². The quantitative estimate of drug-likeness (QED) is 0.932. The highest BCUT2D eigenvalue weighted by Crippen LogP contribution is 2.32. The molecule has 1 aromatic rings. The van der Waals surface area contributed by atoms with Crippen molar-refractivity contribution in [3.05, 3.63) is 33.3 Å². The fourth-order valence-corrected chi connectivity index (χ4v) is 2.59. The molecule has 0 saturated heterocycles. The Bertz CT molecular complexity index is 429. The largest absolute Gasteiger partial charge is 0.319 e. The molecule has 2 nitrogen and oxygen atoms in total. The number of carbonyl (C=O) groups excluding carboxylic acids is 1. The highest BCUT2D eigenvalue weighted by Gasteiger charge is 2.39. The molecule has 2 N–H and O–H groups in total. The molecule has 86 valence electrons. The van der Waals surface area contributed by atoms with E-state index in [4.69, 9.17) is 17.3 Å². The highest BCUT2D eigenvalue weighted by atomic mass is 79.9. The number of hydrogen-bond donors (Lipinski definition) is 1. The minimum Gasteiger partial charge on any atom is -0.319 e. The second kappa shape index (κ2) is 4.47. The van der Waals surface area contributed by atoms with Crippen LogP contribution >= 0.6 is 27.5 Å². The predicted molar refractivity (Wildman–Crippen MR) is 68.6 cm³/mol. The molecule has 16 heavy (non-hydrogen) atoms. The Morgan fingerprint density at radius 3 is 2.69 bits per heavy atom. The van der Waals surface area contributed by atoms with Crippen LogP contribution in [0.4, 0.5) is 0 Å². The van der Waals surface area contributed by atoms with Gasteiger partial charge in [-0.3, -0.25) is 4.79 Å². The first kappa shape index (κ1) is 12.1. The fraction of sp³-hybridized carbons (Fsp3) is 0.417. The SMILES string of the molecule is NC1(C(=O)Cc2ccc(Br)cc2Cl)CCC1. The van der Waals surface area contributed by atoms with Crippen LogP contribution in [-0.4, -0.2) is 11.3 Å². The molecule has 0 unspecified atom stereocenters. The molecule has 0 aromatic heterocycles. The number of nitrogens with two attached hydrogens (primary N) is 1. The fourth-order valence-electron chi connectivity index (χ4n) is 1.85. The zero-order chi connectivity index (χ0) is 11.8. The third-order valence-corrected chi connectivity index (χ3v) is 4.01. The van der Waals surface area contributed by atoms with Crippen LogP contribution in [0.3, 0.4) is 0 Å². The Hall–Kier alpha value is -0.380. The molecule has 0 spiro atoms. The molecule has 4 heteroatoms. The number of hydrogen-bond acceptors (Lipinski definition) is 2. The van der Waals surface area contributed by atoms with Gasteiger partial charge in [0, 0.05) is 15.9 Å². The summed E-state index contributed by atoms with van der Waals surface area (Å²) in [6.45, 7) is 0. The zero-order valence-corrected chi connectivity index (χ0v) is 11.1. The normalized spacial score (nSPS) is 17.9. The lowest BCUT2D eigenvalue weighted by Crippen LogP contribution is -2.54. The van der Waals surface area contributed by atoms with E-state index in [-0.39, 0.29) is 5.78 Å². The number of rotatable bonds is 3. The smallest absolute Gasteiger partial charge is 0.157 e.